The first-order valence-corrected chi connectivity index (χ1v) is 10.6. The highest BCUT2D eigenvalue weighted by atomic mass is 19.1. The molecule has 0 unspecified atom stereocenters. The zero-order valence-electron chi connectivity index (χ0n) is 18.4. The van der Waals surface area contributed by atoms with Crippen molar-refractivity contribution >= 4 is 23.5 Å². The van der Waals surface area contributed by atoms with Gasteiger partial charge in [0.1, 0.15) is 24.2 Å². The molecule has 3 aromatic rings. The maximum Gasteiger partial charge on any atom is 0.325 e. The Morgan fingerprint density at radius 1 is 1.12 bits per heavy atom. The van der Waals surface area contributed by atoms with Crippen LogP contribution in [0.3, 0.4) is 0 Å². The van der Waals surface area contributed by atoms with Gasteiger partial charge in [0.15, 0.2) is 6.61 Å². The number of amides is 2. The first-order valence-electron chi connectivity index (χ1n) is 10.6. The average Bonchev–Trinajstić information content (AvgIpc) is 3.52. The molecule has 174 valence electrons. The number of hydrogen-bond acceptors (Lipinski definition) is 6. The van der Waals surface area contributed by atoms with Crippen LogP contribution in [0.5, 0.6) is 0 Å². The van der Waals surface area contributed by atoms with Gasteiger partial charge in [-0.15, -0.1) is 0 Å². The number of halogens is 1. The van der Waals surface area contributed by atoms with Crippen LogP contribution in [-0.2, 0) is 14.3 Å². The van der Waals surface area contributed by atoms with Crippen molar-refractivity contribution in [2.45, 2.75) is 19.4 Å². The number of nitrogens with zero attached hydrogens (tertiary/aromatic N) is 2. The monoisotopic (exact) mass is 463 g/mol. The van der Waals surface area contributed by atoms with Gasteiger partial charge in [-0.1, -0.05) is 42.0 Å². The third-order valence-electron chi connectivity index (χ3n) is 5.29. The van der Waals surface area contributed by atoms with Crippen LogP contribution < -0.4 is 5.32 Å². The summed E-state index contributed by atoms with van der Waals surface area (Å²) in [7, 11) is 0. The molecule has 0 radical (unpaired) electrons. The second-order valence-corrected chi connectivity index (χ2v) is 7.71. The average molecular weight is 463 g/mol. The van der Waals surface area contributed by atoms with Gasteiger partial charge in [-0.3, -0.25) is 14.4 Å². The Hall–Kier alpha value is -4.27. The van der Waals surface area contributed by atoms with Gasteiger partial charge in [-0.05, 0) is 36.8 Å². The molecule has 0 spiro atoms. The van der Waals surface area contributed by atoms with Crippen LogP contribution in [0.2, 0.25) is 0 Å². The van der Waals surface area contributed by atoms with E-state index in [4.69, 9.17) is 9.15 Å². The van der Waals surface area contributed by atoms with E-state index in [2.05, 4.69) is 10.4 Å². The summed E-state index contributed by atoms with van der Waals surface area (Å²) in [6.07, 6.45) is 1.95. The zero-order chi connectivity index (χ0) is 24.1. The molecule has 1 aromatic heterocycles. The van der Waals surface area contributed by atoms with Gasteiger partial charge in [0.2, 0.25) is 0 Å². The Labute approximate surface area is 195 Å². The fourth-order valence-electron chi connectivity index (χ4n) is 3.52. The van der Waals surface area contributed by atoms with Crippen molar-refractivity contribution in [3.8, 4) is 0 Å². The van der Waals surface area contributed by atoms with Gasteiger partial charge < -0.3 is 14.5 Å². The molecule has 0 aliphatic carbocycles. The smallest absolute Gasteiger partial charge is 0.325 e. The van der Waals surface area contributed by atoms with Crippen molar-refractivity contribution in [3.05, 3.63) is 95.2 Å². The van der Waals surface area contributed by atoms with Crippen molar-refractivity contribution in [2.24, 2.45) is 5.10 Å². The number of furan rings is 1. The van der Waals surface area contributed by atoms with E-state index in [0.717, 1.165) is 17.2 Å². The van der Waals surface area contributed by atoms with Crippen LogP contribution in [0.4, 0.5) is 4.39 Å². The number of hydrazone groups is 1. The second-order valence-electron chi connectivity index (χ2n) is 7.71. The number of hydrogen-bond donors (Lipinski definition) is 1. The van der Waals surface area contributed by atoms with E-state index < -0.39 is 42.8 Å². The first-order chi connectivity index (χ1) is 16.4. The number of aryl methyl sites for hydroxylation is 1. The van der Waals surface area contributed by atoms with E-state index in [1.54, 1.807) is 12.1 Å². The fourth-order valence-corrected chi connectivity index (χ4v) is 3.52. The number of rotatable bonds is 7. The number of carbonyl (C=O) groups excluding carboxylic acids is 3. The normalized spacial score (nSPS) is 15.1. The topological polar surface area (TPSA) is 101 Å². The molecule has 0 saturated carbocycles. The minimum Gasteiger partial charge on any atom is -0.467 e. The van der Waals surface area contributed by atoms with Crippen LogP contribution >= 0.6 is 0 Å². The summed E-state index contributed by atoms with van der Waals surface area (Å²) in [6, 6.07) is 16.2. The third-order valence-corrected chi connectivity index (χ3v) is 5.29. The molecule has 1 N–H and O–H groups in total. The highest BCUT2D eigenvalue weighted by Gasteiger charge is 2.35. The molecule has 8 nitrogen and oxygen atoms in total. The largest absolute Gasteiger partial charge is 0.467 e. The standard InChI is InChI=1S/C25H22FN3O5/c1-16-8-10-17(11-9-16)20-13-21(22-7-4-12-33-22)29(28-20)23(30)15-34-24(31)14-27-25(32)18-5-2-3-6-19(18)26/h2-12,21H,13-15H2,1H3,(H,27,32)/t21-/m0/s1. The van der Waals surface area contributed by atoms with Gasteiger partial charge in [0.25, 0.3) is 11.8 Å². The SMILES string of the molecule is Cc1ccc(C2=NN(C(=O)COC(=O)CNC(=O)c3ccccc3F)[C@H](c3ccco3)C2)cc1. The van der Waals surface area contributed by atoms with E-state index >= 15 is 0 Å². The minimum absolute atomic E-state index is 0.192. The van der Waals surface area contributed by atoms with Crippen LogP contribution in [0, 0.1) is 12.7 Å². The lowest BCUT2D eigenvalue weighted by atomic mass is 10.0. The van der Waals surface area contributed by atoms with Crippen molar-refractivity contribution < 1.29 is 27.9 Å². The molecule has 9 heteroatoms. The van der Waals surface area contributed by atoms with Crippen LogP contribution in [0.25, 0.3) is 0 Å². The molecule has 1 aliphatic heterocycles. The van der Waals surface area contributed by atoms with E-state index in [0.29, 0.717) is 17.9 Å². The molecule has 2 aromatic carbocycles. The highest BCUT2D eigenvalue weighted by molar-refractivity contribution is 6.03. The summed E-state index contributed by atoms with van der Waals surface area (Å²) in [4.78, 5) is 36.9. The maximum absolute atomic E-state index is 13.7. The molecule has 2 heterocycles. The zero-order valence-corrected chi connectivity index (χ0v) is 18.4. The van der Waals surface area contributed by atoms with Crippen molar-refractivity contribution in [1.29, 1.82) is 0 Å². The van der Waals surface area contributed by atoms with Crippen molar-refractivity contribution in [3.63, 3.8) is 0 Å². The molecule has 34 heavy (non-hydrogen) atoms. The lowest BCUT2D eigenvalue weighted by Gasteiger charge is -2.19. The second kappa shape index (κ2) is 10.1. The van der Waals surface area contributed by atoms with Gasteiger partial charge >= 0.3 is 5.97 Å². The van der Waals surface area contributed by atoms with Gasteiger partial charge in [0.05, 0.1) is 17.5 Å². The molecule has 2 amide bonds. The van der Waals surface area contributed by atoms with Crippen LogP contribution in [0.1, 0.15) is 39.7 Å². The molecule has 1 aliphatic rings. The number of carbonyl (C=O) groups is 3. The van der Waals surface area contributed by atoms with E-state index in [9.17, 15) is 18.8 Å². The summed E-state index contributed by atoms with van der Waals surface area (Å²) in [6.45, 7) is 0.894. The highest BCUT2D eigenvalue weighted by Crippen LogP contribution is 2.33. The Balaban J connectivity index is 1.38. The summed E-state index contributed by atoms with van der Waals surface area (Å²) < 4.78 is 24.2. The Bertz CT molecular complexity index is 1220. The number of esters is 1. The van der Waals surface area contributed by atoms with Crippen molar-refractivity contribution in [1.82, 2.24) is 10.3 Å². The quantitative estimate of drug-likeness (QED) is 0.542. The van der Waals surface area contributed by atoms with Crippen molar-refractivity contribution in [2.75, 3.05) is 13.2 Å². The summed E-state index contributed by atoms with van der Waals surface area (Å²) in [5.74, 6) is -2.29. The predicted octanol–water partition coefficient (Wildman–Crippen LogP) is 3.38. The molecule has 1 atom stereocenters. The lowest BCUT2D eigenvalue weighted by molar-refractivity contribution is -0.152. The minimum atomic E-state index is -0.838. The molecule has 0 saturated heterocycles. The maximum atomic E-state index is 13.7. The molecule has 0 fully saturated rings. The number of benzene rings is 2. The van der Waals surface area contributed by atoms with Gasteiger partial charge in [-0.2, -0.15) is 5.10 Å². The molecular formula is C25H22FN3O5. The van der Waals surface area contributed by atoms with Gasteiger partial charge in [0, 0.05) is 6.42 Å². The fraction of sp³-hybridized carbons (Fsp3) is 0.200. The first kappa shape index (κ1) is 22.9. The molecular weight excluding hydrogens is 441 g/mol. The number of ether oxygens (including phenoxy) is 1. The summed E-state index contributed by atoms with van der Waals surface area (Å²) in [5.41, 5.74) is 2.50. The predicted molar refractivity (Wildman–Crippen MR) is 120 cm³/mol. The lowest BCUT2D eigenvalue weighted by Crippen LogP contribution is -2.35. The van der Waals surface area contributed by atoms with Crippen LogP contribution in [-0.4, -0.2) is 41.7 Å². The molecule has 0 bridgehead atoms. The Morgan fingerprint density at radius 3 is 2.59 bits per heavy atom. The third kappa shape index (κ3) is 5.20. The van der Waals surface area contributed by atoms with E-state index in [1.807, 2.05) is 31.2 Å². The Morgan fingerprint density at radius 2 is 1.88 bits per heavy atom. The van der Waals surface area contributed by atoms with E-state index in [1.165, 1.54) is 29.5 Å². The summed E-state index contributed by atoms with van der Waals surface area (Å²) in [5, 5.41) is 7.99. The van der Waals surface area contributed by atoms with Crippen LogP contribution in [0.15, 0.2) is 76.4 Å². The Kier molecular flexibility index (Phi) is 6.82. The summed E-state index contributed by atoms with van der Waals surface area (Å²) >= 11 is 0. The molecule has 4 rings (SSSR count). The van der Waals surface area contributed by atoms with Gasteiger partial charge in [-0.25, -0.2) is 9.40 Å². The number of nitrogens with one attached hydrogen (secondary N) is 1. The van der Waals surface area contributed by atoms with E-state index in [-0.39, 0.29) is 5.56 Å².